The van der Waals surface area contributed by atoms with Crippen LogP contribution in [-0.4, -0.2) is 40.9 Å². The predicted octanol–water partition coefficient (Wildman–Crippen LogP) is 2.49. The largest absolute Gasteiger partial charge is 0.394 e. The SMILES string of the molecule is O=C1c2ccccc2-c2ccc(C(=O)N3CCC[C@@H]3CO)cc21. The van der Waals surface area contributed by atoms with E-state index in [4.69, 9.17) is 0 Å². The average Bonchev–Trinajstić information content (AvgIpc) is 3.18. The van der Waals surface area contributed by atoms with Gasteiger partial charge in [-0.15, -0.1) is 0 Å². The lowest BCUT2D eigenvalue weighted by molar-refractivity contribution is 0.0677. The van der Waals surface area contributed by atoms with E-state index in [0.29, 0.717) is 23.2 Å². The topological polar surface area (TPSA) is 57.6 Å². The second-order valence-corrected chi connectivity index (χ2v) is 6.11. The third-order valence-electron chi connectivity index (χ3n) is 4.82. The summed E-state index contributed by atoms with van der Waals surface area (Å²) in [4.78, 5) is 27.0. The fourth-order valence-electron chi connectivity index (χ4n) is 3.62. The van der Waals surface area contributed by atoms with Crippen LogP contribution in [0.2, 0.25) is 0 Å². The first kappa shape index (κ1) is 14.2. The van der Waals surface area contributed by atoms with Crippen LogP contribution in [0.3, 0.4) is 0 Å². The minimum Gasteiger partial charge on any atom is -0.394 e. The molecule has 1 saturated heterocycles. The number of amides is 1. The molecule has 4 heteroatoms. The van der Waals surface area contributed by atoms with Gasteiger partial charge in [-0.3, -0.25) is 9.59 Å². The number of aliphatic hydroxyl groups is 1. The molecule has 2 aliphatic rings. The van der Waals surface area contributed by atoms with Crippen LogP contribution in [0.5, 0.6) is 0 Å². The molecule has 1 fully saturated rings. The van der Waals surface area contributed by atoms with Gasteiger partial charge in [-0.05, 0) is 36.1 Å². The Morgan fingerprint density at radius 2 is 1.83 bits per heavy atom. The summed E-state index contributed by atoms with van der Waals surface area (Å²) >= 11 is 0. The van der Waals surface area contributed by atoms with Crippen molar-refractivity contribution >= 4 is 11.7 Å². The molecule has 1 aliphatic heterocycles. The van der Waals surface area contributed by atoms with Crippen molar-refractivity contribution in [3.05, 3.63) is 59.2 Å². The van der Waals surface area contributed by atoms with E-state index in [1.54, 1.807) is 17.0 Å². The van der Waals surface area contributed by atoms with Gasteiger partial charge < -0.3 is 10.0 Å². The molecule has 1 N–H and O–H groups in total. The van der Waals surface area contributed by atoms with Crippen LogP contribution in [0.25, 0.3) is 11.1 Å². The zero-order valence-corrected chi connectivity index (χ0v) is 12.7. The first-order valence-electron chi connectivity index (χ1n) is 7.90. The van der Waals surface area contributed by atoms with Gasteiger partial charge in [0.05, 0.1) is 12.6 Å². The number of ketones is 1. The summed E-state index contributed by atoms with van der Waals surface area (Å²) in [6, 6.07) is 12.8. The Morgan fingerprint density at radius 1 is 1.09 bits per heavy atom. The lowest BCUT2D eigenvalue weighted by Gasteiger charge is -2.23. The van der Waals surface area contributed by atoms with Gasteiger partial charge in [0, 0.05) is 23.2 Å². The monoisotopic (exact) mass is 307 g/mol. The molecule has 1 aliphatic carbocycles. The van der Waals surface area contributed by atoms with E-state index in [0.717, 1.165) is 24.0 Å². The molecule has 2 aromatic rings. The first-order valence-corrected chi connectivity index (χ1v) is 7.90. The number of hydrogen-bond donors (Lipinski definition) is 1. The number of fused-ring (bicyclic) bond motifs is 3. The Kier molecular flexibility index (Phi) is 3.27. The maximum Gasteiger partial charge on any atom is 0.254 e. The molecule has 0 unspecified atom stereocenters. The molecule has 0 saturated carbocycles. The molecule has 0 spiro atoms. The van der Waals surface area contributed by atoms with Gasteiger partial charge >= 0.3 is 0 Å². The van der Waals surface area contributed by atoms with Crippen LogP contribution in [0.4, 0.5) is 0 Å². The van der Waals surface area contributed by atoms with Crippen molar-refractivity contribution in [2.75, 3.05) is 13.2 Å². The van der Waals surface area contributed by atoms with Crippen LogP contribution >= 0.6 is 0 Å². The van der Waals surface area contributed by atoms with Gasteiger partial charge in [0.2, 0.25) is 0 Å². The average molecular weight is 307 g/mol. The van der Waals surface area contributed by atoms with Crippen molar-refractivity contribution in [2.45, 2.75) is 18.9 Å². The molecule has 4 rings (SSSR count). The highest BCUT2D eigenvalue weighted by molar-refractivity contribution is 6.22. The van der Waals surface area contributed by atoms with Crippen LogP contribution in [-0.2, 0) is 0 Å². The number of hydrogen-bond acceptors (Lipinski definition) is 3. The molecule has 23 heavy (non-hydrogen) atoms. The minimum absolute atomic E-state index is 0.0128. The maximum absolute atomic E-state index is 12.7. The number of likely N-dealkylation sites (tertiary alicyclic amines) is 1. The number of benzene rings is 2. The Morgan fingerprint density at radius 3 is 2.61 bits per heavy atom. The number of carbonyl (C=O) groups excluding carboxylic acids is 2. The van der Waals surface area contributed by atoms with E-state index in [-0.39, 0.29) is 24.3 Å². The zero-order chi connectivity index (χ0) is 16.0. The molecular weight excluding hydrogens is 290 g/mol. The Balaban J connectivity index is 1.72. The molecule has 0 radical (unpaired) electrons. The highest BCUT2D eigenvalue weighted by Gasteiger charge is 2.31. The van der Waals surface area contributed by atoms with E-state index < -0.39 is 0 Å². The predicted molar refractivity (Wildman–Crippen MR) is 86.5 cm³/mol. The van der Waals surface area contributed by atoms with Crippen molar-refractivity contribution in [2.24, 2.45) is 0 Å². The molecule has 0 bridgehead atoms. The van der Waals surface area contributed by atoms with Crippen molar-refractivity contribution in [3.63, 3.8) is 0 Å². The molecule has 1 amide bonds. The van der Waals surface area contributed by atoms with Gasteiger partial charge in [-0.25, -0.2) is 0 Å². The van der Waals surface area contributed by atoms with Gasteiger partial charge in [0.25, 0.3) is 5.91 Å². The molecule has 2 aromatic carbocycles. The van der Waals surface area contributed by atoms with Gasteiger partial charge in [0.1, 0.15) is 0 Å². The zero-order valence-electron chi connectivity index (χ0n) is 12.7. The number of carbonyl (C=O) groups is 2. The quantitative estimate of drug-likeness (QED) is 0.791. The molecule has 4 nitrogen and oxygen atoms in total. The van der Waals surface area contributed by atoms with E-state index in [1.807, 2.05) is 30.3 Å². The van der Waals surface area contributed by atoms with Crippen LogP contribution < -0.4 is 0 Å². The fraction of sp³-hybridized carbons (Fsp3) is 0.263. The van der Waals surface area contributed by atoms with Crippen LogP contribution in [0.15, 0.2) is 42.5 Å². The summed E-state index contributed by atoms with van der Waals surface area (Å²) < 4.78 is 0. The molecule has 116 valence electrons. The third-order valence-corrected chi connectivity index (χ3v) is 4.82. The molecule has 1 heterocycles. The van der Waals surface area contributed by atoms with Gasteiger partial charge in [0.15, 0.2) is 5.78 Å². The number of rotatable bonds is 2. The first-order chi connectivity index (χ1) is 11.2. The summed E-state index contributed by atoms with van der Waals surface area (Å²) in [7, 11) is 0. The second-order valence-electron chi connectivity index (χ2n) is 6.11. The minimum atomic E-state index is -0.108. The summed E-state index contributed by atoms with van der Waals surface area (Å²) in [6.07, 6.45) is 1.74. The highest BCUT2D eigenvalue weighted by atomic mass is 16.3. The summed E-state index contributed by atoms with van der Waals surface area (Å²) in [5.74, 6) is -0.126. The van der Waals surface area contributed by atoms with Crippen molar-refractivity contribution in [1.29, 1.82) is 0 Å². The van der Waals surface area contributed by atoms with E-state index in [2.05, 4.69) is 0 Å². The second kappa shape index (κ2) is 5.32. The standard InChI is InChI=1S/C19H17NO3/c21-11-13-4-3-9-20(13)19(23)12-7-8-15-14-5-1-2-6-16(14)18(22)17(15)10-12/h1-2,5-8,10,13,21H,3-4,9,11H2/t13-/m1/s1. The van der Waals surface area contributed by atoms with Crippen molar-refractivity contribution < 1.29 is 14.7 Å². The van der Waals surface area contributed by atoms with Crippen molar-refractivity contribution in [1.82, 2.24) is 4.90 Å². The Labute approximate surface area is 134 Å². The normalized spacial score (nSPS) is 18.9. The van der Waals surface area contributed by atoms with Gasteiger partial charge in [-0.1, -0.05) is 30.3 Å². The van der Waals surface area contributed by atoms with Crippen molar-refractivity contribution in [3.8, 4) is 11.1 Å². The van der Waals surface area contributed by atoms with E-state index in [1.165, 1.54) is 0 Å². The molecule has 1 atom stereocenters. The van der Waals surface area contributed by atoms with E-state index >= 15 is 0 Å². The molecule has 0 aromatic heterocycles. The highest BCUT2D eigenvalue weighted by Crippen LogP contribution is 2.37. The fourth-order valence-corrected chi connectivity index (χ4v) is 3.62. The Bertz CT molecular complexity index is 812. The number of nitrogens with zero attached hydrogens (tertiary/aromatic N) is 1. The lowest BCUT2D eigenvalue weighted by atomic mass is 10.0. The summed E-state index contributed by atoms with van der Waals surface area (Å²) in [6.45, 7) is 0.649. The van der Waals surface area contributed by atoms with Crippen LogP contribution in [0, 0.1) is 0 Å². The van der Waals surface area contributed by atoms with Gasteiger partial charge in [-0.2, -0.15) is 0 Å². The Hall–Kier alpha value is -2.46. The lowest BCUT2D eigenvalue weighted by Crippen LogP contribution is -2.37. The van der Waals surface area contributed by atoms with E-state index in [9.17, 15) is 14.7 Å². The number of aliphatic hydroxyl groups excluding tert-OH is 1. The smallest absolute Gasteiger partial charge is 0.254 e. The summed E-state index contributed by atoms with van der Waals surface area (Å²) in [5, 5.41) is 9.40. The molecular formula is C19H17NO3. The van der Waals surface area contributed by atoms with Crippen LogP contribution in [0.1, 0.15) is 39.1 Å². The third kappa shape index (κ3) is 2.10. The maximum atomic E-state index is 12.7. The summed E-state index contributed by atoms with van der Waals surface area (Å²) in [5.41, 5.74) is 3.63.